The summed E-state index contributed by atoms with van der Waals surface area (Å²) in [4.78, 5) is 13.0. The predicted molar refractivity (Wildman–Crippen MR) is 117 cm³/mol. The van der Waals surface area contributed by atoms with Crippen LogP contribution in [0, 0.1) is 0 Å². The summed E-state index contributed by atoms with van der Waals surface area (Å²) in [6, 6.07) is 20.5. The van der Waals surface area contributed by atoms with Crippen LogP contribution in [0.5, 0.6) is 0 Å². The minimum absolute atomic E-state index is 0.168. The molecule has 1 saturated heterocycles. The molecule has 0 atom stereocenters. The molecule has 3 aromatic rings. The second-order valence-electron chi connectivity index (χ2n) is 7.80. The van der Waals surface area contributed by atoms with Gasteiger partial charge in [-0.25, -0.2) is 8.42 Å². The molecule has 3 aromatic carbocycles. The highest BCUT2D eigenvalue weighted by Gasteiger charge is 2.27. The standard InChI is InChI=1S/C24H22N2O3S/c27-24(18-7-5-8-21(16-18)30(28,29)26-12-3-4-13-26)25-20-10-11-23-19(15-20)14-17-6-1-2-9-22(17)23/h1-2,5-11,15-16H,3-4,12-14H2,(H,25,27). The molecule has 0 saturated carbocycles. The lowest BCUT2D eigenvalue weighted by Crippen LogP contribution is -2.28. The van der Waals surface area contributed by atoms with Gasteiger partial charge >= 0.3 is 0 Å². The zero-order chi connectivity index (χ0) is 20.7. The number of anilines is 1. The van der Waals surface area contributed by atoms with E-state index in [1.165, 1.54) is 32.6 Å². The highest BCUT2D eigenvalue weighted by Crippen LogP contribution is 2.37. The van der Waals surface area contributed by atoms with E-state index >= 15 is 0 Å². The van der Waals surface area contributed by atoms with E-state index in [0.717, 1.165) is 19.3 Å². The van der Waals surface area contributed by atoms with Gasteiger partial charge in [0.25, 0.3) is 5.91 Å². The molecule has 0 aromatic heterocycles. The second-order valence-corrected chi connectivity index (χ2v) is 9.74. The number of carbonyl (C=O) groups excluding carboxylic acids is 1. The summed E-state index contributed by atoms with van der Waals surface area (Å²) < 4.78 is 27.1. The zero-order valence-corrected chi connectivity index (χ0v) is 17.3. The topological polar surface area (TPSA) is 66.5 Å². The molecule has 1 heterocycles. The van der Waals surface area contributed by atoms with Gasteiger partial charge in [-0.3, -0.25) is 4.79 Å². The van der Waals surface area contributed by atoms with Gasteiger partial charge < -0.3 is 5.32 Å². The van der Waals surface area contributed by atoms with Crippen molar-refractivity contribution in [2.24, 2.45) is 0 Å². The molecule has 1 aliphatic heterocycles. The number of hydrogen-bond donors (Lipinski definition) is 1. The van der Waals surface area contributed by atoms with Gasteiger partial charge in [-0.2, -0.15) is 4.31 Å². The Labute approximate surface area is 176 Å². The van der Waals surface area contributed by atoms with E-state index in [1.54, 1.807) is 18.2 Å². The monoisotopic (exact) mass is 418 g/mol. The number of hydrogen-bond acceptors (Lipinski definition) is 3. The fourth-order valence-corrected chi connectivity index (χ4v) is 5.86. The van der Waals surface area contributed by atoms with Crippen LogP contribution in [0.25, 0.3) is 11.1 Å². The van der Waals surface area contributed by atoms with Crippen molar-refractivity contribution in [2.75, 3.05) is 18.4 Å². The Kier molecular flexibility index (Phi) is 4.68. The zero-order valence-electron chi connectivity index (χ0n) is 16.5. The molecular weight excluding hydrogens is 396 g/mol. The minimum Gasteiger partial charge on any atom is -0.322 e. The van der Waals surface area contributed by atoms with Crippen molar-refractivity contribution in [3.05, 3.63) is 83.4 Å². The van der Waals surface area contributed by atoms with E-state index < -0.39 is 10.0 Å². The molecule has 0 unspecified atom stereocenters. The Morgan fingerprint density at radius 1 is 0.833 bits per heavy atom. The molecule has 6 heteroatoms. The lowest BCUT2D eigenvalue weighted by atomic mass is 10.1. The summed E-state index contributed by atoms with van der Waals surface area (Å²) in [5.41, 5.74) is 5.95. The Bertz CT molecular complexity index is 1240. The van der Waals surface area contributed by atoms with Gasteiger partial charge in [0.2, 0.25) is 10.0 Å². The third-order valence-corrected chi connectivity index (χ3v) is 7.75. The van der Waals surface area contributed by atoms with Crippen LogP contribution < -0.4 is 5.32 Å². The van der Waals surface area contributed by atoms with Crippen molar-refractivity contribution in [1.29, 1.82) is 0 Å². The minimum atomic E-state index is -3.55. The number of sulfonamides is 1. The second kappa shape index (κ2) is 7.38. The molecule has 0 spiro atoms. The van der Waals surface area contributed by atoms with Gasteiger partial charge in [-0.05, 0) is 71.8 Å². The first-order valence-electron chi connectivity index (χ1n) is 10.2. The number of nitrogens with one attached hydrogen (secondary N) is 1. The first-order chi connectivity index (χ1) is 14.5. The van der Waals surface area contributed by atoms with Crippen molar-refractivity contribution in [3.63, 3.8) is 0 Å². The van der Waals surface area contributed by atoms with Crippen LogP contribution in [0.4, 0.5) is 5.69 Å². The summed E-state index contributed by atoms with van der Waals surface area (Å²) in [6.45, 7) is 1.08. The fourth-order valence-electron chi connectivity index (χ4n) is 4.30. The number of nitrogens with zero attached hydrogens (tertiary/aromatic N) is 1. The maximum absolute atomic E-state index is 12.8. The van der Waals surface area contributed by atoms with E-state index in [9.17, 15) is 13.2 Å². The van der Waals surface area contributed by atoms with Crippen LogP contribution in [-0.4, -0.2) is 31.7 Å². The van der Waals surface area contributed by atoms with Crippen molar-refractivity contribution in [1.82, 2.24) is 4.31 Å². The average Bonchev–Trinajstić information content (AvgIpc) is 3.42. The Hall–Kier alpha value is -2.96. The molecule has 0 bridgehead atoms. The molecular formula is C24H22N2O3S. The average molecular weight is 419 g/mol. The quantitative estimate of drug-likeness (QED) is 0.538. The van der Waals surface area contributed by atoms with Crippen LogP contribution in [0.2, 0.25) is 0 Å². The fraction of sp³-hybridized carbons (Fsp3) is 0.208. The van der Waals surface area contributed by atoms with E-state index in [4.69, 9.17) is 0 Å². The number of fused-ring (bicyclic) bond motifs is 3. The van der Waals surface area contributed by atoms with Gasteiger partial charge in [0, 0.05) is 24.3 Å². The summed E-state index contributed by atoms with van der Waals surface area (Å²) >= 11 is 0. The van der Waals surface area contributed by atoms with Gasteiger partial charge in [0.1, 0.15) is 0 Å². The molecule has 0 radical (unpaired) electrons. The summed E-state index contributed by atoms with van der Waals surface area (Å²) in [6.07, 6.45) is 2.60. The Morgan fingerprint density at radius 3 is 2.43 bits per heavy atom. The molecule has 30 heavy (non-hydrogen) atoms. The number of rotatable bonds is 4. The van der Waals surface area contributed by atoms with Crippen LogP contribution in [0.3, 0.4) is 0 Å². The maximum Gasteiger partial charge on any atom is 0.255 e. The number of benzene rings is 3. The van der Waals surface area contributed by atoms with Crippen molar-refractivity contribution in [3.8, 4) is 11.1 Å². The SMILES string of the molecule is O=C(Nc1ccc2c(c1)Cc1ccccc1-2)c1cccc(S(=O)(=O)N2CCCC2)c1. The summed E-state index contributed by atoms with van der Waals surface area (Å²) in [7, 11) is -3.55. The van der Waals surface area contributed by atoms with Gasteiger partial charge in [-0.1, -0.05) is 36.4 Å². The van der Waals surface area contributed by atoms with Crippen LogP contribution in [0.15, 0.2) is 71.6 Å². The Balaban J connectivity index is 1.37. The van der Waals surface area contributed by atoms with Crippen LogP contribution in [-0.2, 0) is 16.4 Å². The molecule has 2 aliphatic rings. The molecule has 1 amide bonds. The van der Waals surface area contributed by atoms with Crippen molar-refractivity contribution >= 4 is 21.6 Å². The molecule has 5 nitrogen and oxygen atoms in total. The first-order valence-corrected chi connectivity index (χ1v) is 11.6. The van der Waals surface area contributed by atoms with Gasteiger partial charge in [0.15, 0.2) is 0 Å². The van der Waals surface area contributed by atoms with E-state index in [2.05, 4.69) is 17.4 Å². The normalized spacial score (nSPS) is 15.6. The van der Waals surface area contributed by atoms with Gasteiger partial charge in [0.05, 0.1) is 4.90 Å². The summed E-state index contributed by atoms with van der Waals surface area (Å²) in [5.74, 6) is -0.316. The highest BCUT2D eigenvalue weighted by molar-refractivity contribution is 7.89. The molecule has 1 fully saturated rings. The van der Waals surface area contributed by atoms with Crippen LogP contribution >= 0.6 is 0 Å². The van der Waals surface area contributed by atoms with Crippen molar-refractivity contribution < 1.29 is 13.2 Å². The molecule has 152 valence electrons. The third kappa shape index (κ3) is 3.32. The third-order valence-electron chi connectivity index (χ3n) is 5.85. The smallest absolute Gasteiger partial charge is 0.255 e. The maximum atomic E-state index is 12.8. The lowest BCUT2D eigenvalue weighted by molar-refractivity contribution is 0.102. The lowest BCUT2D eigenvalue weighted by Gasteiger charge is -2.16. The Morgan fingerprint density at radius 2 is 1.60 bits per heavy atom. The van der Waals surface area contributed by atoms with Crippen molar-refractivity contribution in [2.45, 2.75) is 24.2 Å². The molecule has 5 rings (SSSR count). The first kappa shape index (κ1) is 19.0. The van der Waals surface area contributed by atoms with E-state index in [0.29, 0.717) is 24.3 Å². The van der Waals surface area contributed by atoms with E-state index in [-0.39, 0.29) is 10.8 Å². The van der Waals surface area contributed by atoms with E-state index in [1.807, 2.05) is 30.3 Å². The van der Waals surface area contributed by atoms with Crippen LogP contribution in [0.1, 0.15) is 34.3 Å². The summed E-state index contributed by atoms with van der Waals surface area (Å²) in [5, 5.41) is 2.92. The molecule has 1 N–H and O–H groups in total. The van der Waals surface area contributed by atoms with Gasteiger partial charge in [-0.15, -0.1) is 0 Å². The number of carbonyl (C=O) groups is 1. The largest absolute Gasteiger partial charge is 0.322 e. The molecule has 1 aliphatic carbocycles. The highest BCUT2D eigenvalue weighted by atomic mass is 32.2. The number of amides is 1. The predicted octanol–water partition coefficient (Wildman–Crippen LogP) is 4.29.